The van der Waals surface area contributed by atoms with E-state index in [1.165, 1.54) is 0 Å². The van der Waals surface area contributed by atoms with E-state index in [4.69, 9.17) is 11.6 Å². The number of aryl methyl sites for hydroxylation is 1. The van der Waals surface area contributed by atoms with Crippen molar-refractivity contribution in [3.63, 3.8) is 0 Å². The van der Waals surface area contributed by atoms with E-state index < -0.39 is 11.0 Å². The molecule has 0 radical (unpaired) electrons. The van der Waals surface area contributed by atoms with Crippen LogP contribution in [0.3, 0.4) is 0 Å². The van der Waals surface area contributed by atoms with E-state index in [9.17, 15) is 15.2 Å². The van der Waals surface area contributed by atoms with Gasteiger partial charge in [0, 0.05) is 25.5 Å². The highest BCUT2D eigenvalue weighted by molar-refractivity contribution is 6.30. The number of imidazole rings is 1. The molecule has 0 bridgehead atoms. The summed E-state index contributed by atoms with van der Waals surface area (Å²) < 4.78 is 1.58. The Morgan fingerprint density at radius 1 is 1.48 bits per heavy atom. The lowest BCUT2D eigenvalue weighted by Crippen LogP contribution is -2.15. The van der Waals surface area contributed by atoms with E-state index in [1.807, 2.05) is 0 Å². The molecule has 2 N–H and O–H groups in total. The van der Waals surface area contributed by atoms with E-state index in [0.29, 0.717) is 16.4 Å². The van der Waals surface area contributed by atoms with E-state index in [2.05, 4.69) is 10.3 Å². The lowest BCUT2D eigenvalue weighted by molar-refractivity contribution is -0.388. The van der Waals surface area contributed by atoms with Crippen LogP contribution in [-0.4, -0.2) is 26.1 Å². The van der Waals surface area contributed by atoms with Gasteiger partial charge in [0.1, 0.15) is 0 Å². The molecule has 21 heavy (non-hydrogen) atoms. The minimum absolute atomic E-state index is 0.126. The van der Waals surface area contributed by atoms with Gasteiger partial charge < -0.3 is 20.5 Å². The first-order valence-corrected chi connectivity index (χ1v) is 6.63. The van der Waals surface area contributed by atoms with Gasteiger partial charge in [-0.2, -0.15) is 0 Å². The maximum absolute atomic E-state index is 11.0. The number of halogens is 1. The highest BCUT2D eigenvalue weighted by Crippen LogP contribution is 2.25. The van der Waals surface area contributed by atoms with Crippen molar-refractivity contribution in [3.05, 3.63) is 50.8 Å². The number of benzene rings is 1. The van der Waals surface area contributed by atoms with Crippen LogP contribution in [-0.2, 0) is 7.05 Å². The van der Waals surface area contributed by atoms with Gasteiger partial charge in [0.15, 0.2) is 0 Å². The topological polar surface area (TPSA) is 93.2 Å². The Hall–Kier alpha value is -2.12. The predicted molar refractivity (Wildman–Crippen MR) is 79.5 cm³/mol. The summed E-state index contributed by atoms with van der Waals surface area (Å²) in [6, 6.07) is 6.77. The second kappa shape index (κ2) is 6.11. The summed E-state index contributed by atoms with van der Waals surface area (Å²) >= 11 is 5.78. The summed E-state index contributed by atoms with van der Waals surface area (Å²) in [5, 5.41) is 24.5. The summed E-state index contributed by atoms with van der Waals surface area (Å²) in [6.07, 6.45) is -0.808. The van der Waals surface area contributed by atoms with E-state index in [1.54, 1.807) is 42.8 Å². The third-order valence-electron chi connectivity index (χ3n) is 3.19. The maximum Gasteiger partial charge on any atom is 0.406 e. The van der Waals surface area contributed by atoms with Crippen LogP contribution in [0.25, 0.3) is 0 Å². The van der Waals surface area contributed by atoms with Gasteiger partial charge in [-0.15, -0.1) is 0 Å². The molecule has 8 heteroatoms. The predicted octanol–water partition coefficient (Wildman–Crippen LogP) is 2.44. The van der Waals surface area contributed by atoms with E-state index >= 15 is 0 Å². The first kappa shape index (κ1) is 15.3. The van der Waals surface area contributed by atoms with Crippen molar-refractivity contribution < 1.29 is 10.0 Å². The molecule has 1 atom stereocenters. The molecule has 112 valence electrons. The van der Waals surface area contributed by atoms with Crippen LogP contribution >= 0.6 is 11.6 Å². The zero-order chi connectivity index (χ0) is 15.6. The van der Waals surface area contributed by atoms with Gasteiger partial charge in [0.25, 0.3) is 0 Å². The molecular formula is C13H15ClN4O3. The minimum atomic E-state index is -0.808. The van der Waals surface area contributed by atoms with Crippen molar-refractivity contribution in [2.24, 2.45) is 7.05 Å². The summed E-state index contributed by atoms with van der Waals surface area (Å²) in [5.41, 5.74) is 0.674. The Bertz CT molecular complexity index is 654. The molecule has 0 amide bonds. The van der Waals surface area contributed by atoms with Gasteiger partial charge >= 0.3 is 5.82 Å². The summed E-state index contributed by atoms with van der Waals surface area (Å²) in [7, 11) is 1.67. The van der Waals surface area contributed by atoms with Crippen molar-refractivity contribution in [2.75, 3.05) is 11.9 Å². The number of nitro groups is 1. The molecule has 0 aliphatic heterocycles. The fourth-order valence-corrected chi connectivity index (χ4v) is 2.04. The Balaban J connectivity index is 2.12. The molecule has 0 fully saturated rings. The molecule has 1 heterocycles. The average molecular weight is 311 g/mol. The second-order valence-corrected chi connectivity index (χ2v) is 5.03. The number of aromatic nitrogens is 2. The molecule has 1 aromatic carbocycles. The molecule has 0 spiro atoms. The molecule has 1 aromatic heterocycles. The third kappa shape index (κ3) is 3.32. The quantitative estimate of drug-likeness (QED) is 0.653. The molecule has 1 unspecified atom stereocenters. The number of hydrogen-bond acceptors (Lipinski definition) is 5. The summed E-state index contributed by atoms with van der Waals surface area (Å²) in [4.78, 5) is 14.3. The average Bonchev–Trinajstić information content (AvgIpc) is 2.73. The molecule has 2 aromatic rings. The third-order valence-corrected chi connectivity index (χ3v) is 3.44. The SMILES string of the molecule is Cc1nc([N+](=O)[O-])c(NCC(O)c2ccc(Cl)cc2)n1C. The van der Waals surface area contributed by atoms with Crippen molar-refractivity contribution in [1.82, 2.24) is 9.55 Å². The van der Waals surface area contributed by atoms with Crippen LogP contribution in [0.1, 0.15) is 17.5 Å². The molecule has 0 aliphatic rings. The van der Waals surface area contributed by atoms with Crippen LogP contribution in [0.15, 0.2) is 24.3 Å². The van der Waals surface area contributed by atoms with Gasteiger partial charge in [-0.05, 0) is 27.6 Å². The Morgan fingerprint density at radius 3 is 2.67 bits per heavy atom. The monoisotopic (exact) mass is 310 g/mol. The molecule has 7 nitrogen and oxygen atoms in total. The van der Waals surface area contributed by atoms with Gasteiger partial charge in [-0.3, -0.25) is 4.57 Å². The number of rotatable bonds is 5. The fraction of sp³-hybridized carbons (Fsp3) is 0.308. The largest absolute Gasteiger partial charge is 0.406 e. The number of anilines is 1. The van der Waals surface area contributed by atoms with Gasteiger partial charge in [-0.1, -0.05) is 23.7 Å². The molecule has 0 saturated heterocycles. The van der Waals surface area contributed by atoms with E-state index in [-0.39, 0.29) is 18.2 Å². The van der Waals surface area contributed by atoms with Gasteiger partial charge in [0.05, 0.1) is 6.10 Å². The maximum atomic E-state index is 11.0. The van der Waals surface area contributed by atoms with E-state index in [0.717, 1.165) is 0 Å². The zero-order valence-corrected chi connectivity index (χ0v) is 12.3. The second-order valence-electron chi connectivity index (χ2n) is 4.60. The van der Waals surface area contributed by atoms with Crippen molar-refractivity contribution in [2.45, 2.75) is 13.0 Å². The molecule has 2 rings (SSSR count). The number of nitrogens with zero attached hydrogens (tertiary/aromatic N) is 3. The van der Waals surface area contributed by atoms with Crippen LogP contribution in [0.5, 0.6) is 0 Å². The number of aliphatic hydroxyl groups is 1. The smallest absolute Gasteiger partial charge is 0.387 e. The number of hydrogen-bond donors (Lipinski definition) is 2. The zero-order valence-electron chi connectivity index (χ0n) is 11.6. The number of aliphatic hydroxyl groups excluding tert-OH is 1. The van der Waals surface area contributed by atoms with Crippen LogP contribution in [0.2, 0.25) is 5.02 Å². The van der Waals surface area contributed by atoms with Crippen LogP contribution in [0, 0.1) is 17.0 Å². The number of nitrogens with one attached hydrogen (secondary N) is 1. The highest BCUT2D eigenvalue weighted by atomic mass is 35.5. The minimum Gasteiger partial charge on any atom is -0.387 e. The lowest BCUT2D eigenvalue weighted by Gasteiger charge is -2.13. The first-order chi connectivity index (χ1) is 9.90. The first-order valence-electron chi connectivity index (χ1n) is 6.25. The summed E-state index contributed by atoms with van der Waals surface area (Å²) in [6.45, 7) is 1.80. The lowest BCUT2D eigenvalue weighted by atomic mass is 10.1. The van der Waals surface area contributed by atoms with Crippen LogP contribution < -0.4 is 5.32 Å². The highest BCUT2D eigenvalue weighted by Gasteiger charge is 2.23. The summed E-state index contributed by atoms with van der Waals surface area (Å²) in [5.74, 6) is 0.536. The fourth-order valence-electron chi connectivity index (χ4n) is 1.91. The Morgan fingerprint density at radius 2 is 2.10 bits per heavy atom. The standard InChI is InChI=1S/C13H15ClN4O3/c1-8-16-13(18(20)21)12(17(8)2)15-7-11(19)9-3-5-10(14)6-4-9/h3-6,11,15,19H,7H2,1-2H3. The van der Waals surface area contributed by atoms with Crippen molar-refractivity contribution >= 4 is 23.2 Å². The van der Waals surface area contributed by atoms with Gasteiger partial charge in [0.2, 0.25) is 11.6 Å². The molecule has 0 aliphatic carbocycles. The molecule has 0 saturated carbocycles. The van der Waals surface area contributed by atoms with Crippen LogP contribution in [0.4, 0.5) is 11.6 Å². The van der Waals surface area contributed by atoms with Gasteiger partial charge in [-0.25, -0.2) is 0 Å². The normalized spacial score (nSPS) is 12.2. The Labute approximate surface area is 126 Å². The molecular weight excluding hydrogens is 296 g/mol. The Kier molecular flexibility index (Phi) is 4.44. The van der Waals surface area contributed by atoms with Crippen molar-refractivity contribution in [3.8, 4) is 0 Å². The van der Waals surface area contributed by atoms with Crippen molar-refractivity contribution in [1.29, 1.82) is 0 Å².